The minimum Gasteiger partial charge on any atom is -0.461 e. The van der Waals surface area contributed by atoms with Crippen LogP contribution in [-0.2, 0) is 4.79 Å². The molecule has 1 heterocycles. The Morgan fingerprint density at radius 3 is 2.43 bits per heavy atom. The molecule has 2 rings (SSSR count). The summed E-state index contributed by atoms with van der Waals surface area (Å²) >= 11 is 11.6. The predicted molar refractivity (Wildman–Crippen MR) is 77.2 cm³/mol. The number of ketones is 1. The molecule has 106 valence electrons. The van der Waals surface area contributed by atoms with Crippen LogP contribution in [0.5, 0.6) is 0 Å². The monoisotopic (exact) mass is 322 g/mol. The lowest BCUT2D eigenvalue weighted by molar-refractivity contribution is -0.117. The SMILES string of the molecule is N#CC(C(=O)Nc1cc(Cl)cc(Cl)c1)C(=O)c1ccco1. The highest BCUT2D eigenvalue weighted by Gasteiger charge is 2.29. The zero-order valence-corrected chi connectivity index (χ0v) is 12.0. The van der Waals surface area contributed by atoms with Crippen molar-refractivity contribution in [2.75, 3.05) is 5.32 Å². The number of benzene rings is 1. The van der Waals surface area contributed by atoms with Gasteiger partial charge in [-0.3, -0.25) is 9.59 Å². The second kappa shape index (κ2) is 6.44. The van der Waals surface area contributed by atoms with Crippen molar-refractivity contribution in [1.29, 1.82) is 5.26 Å². The Morgan fingerprint density at radius 2 is 1.90 bits per heavy atom. The number of nitriles is 1. The average Bonchev–Trinajstić information content (AvgIpc) is 2.91. The predicted octanol–water partition coefficient (Wildman–Crippen LogP) is 3.55. The zero-order chi connectivity index (χ0) is 15.4. The Bertz CT molecular complexity index is 700. The molecule has 1 aromatic heterocycles. The molecule has 1 atom stereocenters. The van der Waals surface area contributed by atoms with Gasteiger partial charge in [-0.2, -0.15) is 5.26 Å². The number of halogens is 2. The molecule has 0 bridgehead atoms. The van der Waals surface area contributed by atoms with E-state index < -0.39 is 17.6 Å². The van der Waals surface area contributed by atoms with Gasteiger partial charge in [0.1, 0.15) is 0 Å². The van der Waals surface area contributed by atoms with Crippen LogP contribution in [0.2, 0.25) is 10.0 Å². The van der Waals surface area contributed by atoms with Gasteiger partial charge in [0, 0.05) is 15.7 Å². The lowest BCUT2D eigenvalue weighted by Crippen LogP contribution is -2.28. The van der Waals surface area contributed by atoms with Crippen molar-refractivity contribution in [2.24, 2.45) is 5.92 Å². The van der Waals surface area contributed by atoms with E-state index in [1.165, 1.54) is 36.6 Å². The Morgan fingerprint density at radius 1 is 1.24 bits per heavy atom. The quantitative estimate of drug-likeness (QED) is 0.689. The number of hydrogen-bond donors (Lipinski definition) is 1. The Hall–Kier alpha value is -2.29. The summed E-state index contributed by atoms with van der Waals surface area (Å²) < 4.78 is 4.89. The number of amides is 1. The first-order chi connectivity index (χ1) is 10.0. The maximum atomic E-state index is 12.0. The van der Waals surface area contributed by atoms with Crippen molar-refractivity contribution in [3.05, 3.63) is 52.4 Å². The number of carbonyl (C=O) groups excluding carboxylic acids is 2. The molecule has 0 aliphatic carbocycles. The molecule has 7 heteroatoms. The fourth-order valence-corrected chi connectivity index (χ4v) is 2.16. The van der Waals surface area contributed by atoms with Crippen LogP contribution >= 0.6 is 23.2 Å². The number of nitrogens with zero attached hydrogens (tertiary/aromatic N) is 1. The zero-order valence-electron chi connectivity index (χ0n) is 10.5. The van der Waals surface area contributed by atoms with Gasteiger partial charge in [-0.05, 0) is 30.3 Å². The summed E-state index contributed by atoms with van der Waals surface area (Å²) in [7, 11) is 0. The highest BCUT2D eigenvalue weighted by atomic mass is 35.5. The molecule has 0 fully saturated rings. The minimum atomic E-state index is -1.52. The van der Waals surface area contributed by atoms with Gasteiger partial charge in [-0.25, -0.2) is 0 Å². The molecule has 0 saturated carbocycles. The maximum absolute atomic E-state index is 12.0. The molecule has 1 unspecified atom stereocenters. The highest BCUT2D eigenvalue weighted by molar-refractivity contribution is 6.35. The van der Waals surface area contributed by atoms with Gasteiger partial charge >= 0.3 is 0 Å². The number of furan rings is 1. The van der Waals surface area contributed by atoms with Crippen molar-refractivity contribution in [1.82, 2.24) is 0 Å². The fourth-order valence-electron chi connectivity index (χ4n) is 1.64. The van der Waals surface area contributed by atoms with Gasteiger partial charge in [0.2, 0.25) is 11.7 Å². The van der Waals surface area contributed by atoms with Gasteiger partial charge in [0.15, 0.2) is 11.7 Å². The van der Waals surface area contributed by atoms with E-state index in [2.05, 4.69) is 5.32 Å². The topological polar surface area (TPSA) is 83.1 Å². The van der Waals surface area contributed by atoms with Crippen molar-refractivity contribution in [3.8, 4) is 6.07 Å². The number of rotatable bonds is 4. The van der Waals surface area contributed by atoms with Crippen molar-refractivity contribution >= 4 is 40.6 Å². The summed E-state index contributed by atoms with van der Waals surface area (Å²) in [4.78, 5) is 24.0. The van der Waals surface area contributed by atoms with E-state index in [0.717, 1.165) is 0 Å². The van der Waals surface area contributed by atoms with Crippen LogP contribution in [0.1, 0.15) is 10.6 Å². The normalized spacial score (nSPS) is 11.5. The second-order valence-electron chi connectivity index (χ2n) is 4.05. The standard InChI is InChI=1S/C14H8Cl2N2O3/c15-8-4-9(16)6-10(5-8)18-14(20)11(7-17)13(19)12-2-1-3-21-12/h1-6,11H,(H,18,20). The molecule has 0 spiro atoms. The third kappa shape index (κ3) is 3.63. The molecule has 5 nitrogen and oxygen atoms in total. The molecule has 0 aliphatic rings. The van der Waals surface area contributed by atoms with Gasteiger partial charge in [-0.15, -0.1) is 0 Å². The van der Waals surface area contributed by atoms with E-state index in [9.17, 15) is 9.59 Å². The van der Waals surface area contributed by atoms with Crippen molar-refractivity contribution < 1.29 is 14.0 Å². The first kappa shape index (κ1) is 15.1. The summed E-state index contributed by atoms with van der Waals surface area (Å²) in [6.07, 6.45) is 1.29. The molecule has 2 aromatic rings. The maximum Gasteiger partial charge on any atom is 0.249 e. The third-order valence-corrected chi connectivity index (χ3v) is 2.98. The van der Waals surface area contributed by atoms with E-state index in [0.29, 0.717) is 15.7 Å². The lowest BCUT2D eigenvalue weighted by atomic mass is 10.0. The van der Waals surface area contributed by atoms with Gasteiger partial charge in [-0.1, -0.05) is 23.2 Å². The van der Waals surface area contributed by atoms with Crippen LogP contribution in [-0.4, -0.2) is 11.7 Å². The Balaban J connectivity index is 2.18. The van der Waals surface area contributed by atoms with Crippen LogP contribution in [0.4, 0.5) is 5.69 Å². The summed E-state index contributed by atoms with van der Waals surface area (Å²) in [5.74, 6) is -3.07. The Kier molecular flexibility index (Phi) is 4.63. The molecular weight excluding hydrogens is 315 g/mol. The molecule has 1 N–H and O–H groups in total. The average molecular weight is 323 g/mol. The number of anilines is 1. The number of Topliss-reactive ketones (excluding diaryl/α,β-unsaturated/α-hetero) is 1. The van der Waals surface area contributed by atoms with E-state index in [-0.39, 0.29) is 5.76 Å². The van der Waals surface area contributed by atoms with Crippen molar-refractivity contribution in [2.45, 2.75) is 0 Å². The smallest absolute Gasteiger partial charge is 0.249 e. The second-order valence-corrected chi connectivity index (χ2v) is 4.92. The summed E-state index contributed by atoms with van der Waals surface area (Å²) in [5.41, 5.74) is 0.296. The van der Waals surface area contributed by atoms with Crippen LogP contribution in [0.3, 0.4) is 0 Å². The lowest BCUT2D eigenvalue weighted by Gasteiger charge is -2.09. The number of nitrogens with one attached hydrogen (secondary N) is 1. The van der Waals surface area contributed by atoms with E-state index in [1.807, 2.05) is 0 Å². The molecule has 0 aliphatic heterocycles. The van der Waals surface area contributed by atoms with Crippen molar-refractivity contribution in [3.63, 3.8) is 0 Å². The first-order valence-corrected chi connectivity index (χ1v) is 6.51. The largest absolute Gasteiger partial charge is 0.461 e. The number of hydrogen-bond acceptors (Lipinski definition) is 4. The summed E-state index contributed by atoms with van der Waals surface area (Å²) in [6.45, 7) is 0. The molecule has 0 saturated heterocycles. The van der Waals surface area contributed by atoms with Crippen LogP contribution in [0.15, 0.2) is 41.0 Å². The molecule has 1 aromatic carbocycles. The minimum absolute atomic E-state index is 0.0548. The molecule has 1 amide bonds. The fraction of sp³-hybridized carbons (Fsp3) is 0.0714. The molecule has 0 radical (unpaired) electrons. The van der Waals surface area contributed by atoms with E-state index in [4.69, 9.17) is 32.9 Å². The van der Waals surface area contributed by atoms with Crippen LogP contribution < -0.4 is 5.32 Å². The Labute approximate surface area is 130 Å². The first-order valence-electron chi connectivity index (χ1n) is 5.75. The number of carbonyl (C=O) groups is 2. The van der Waals surface area contributed by atoms with Crippen LogP contribution in [0.25, 0.3) is 0 Å². The van der Waals surface area contributed by atoms with Gasteiger partial charge < -0.3 is 9.73 Å². The summed E-state index contributed by atoms with van der Waals surface area (Å²) in [5, 5.41) is 12.1. The molecular formula is C14H8Cl2N2O3. The van der Waals surface area contributed by atoms with Crippen LogP contribution in [0, 0.1) is 17.2 Å². The van der Waals surface area contributed by atoms with E-state index in [1.54, 1.807) is 6.07 Å². The van der Waals surface area contributed by atoms with Gasteiger partial charge in [0.25, 0.3) is 0 Å². The van der Waals surface area contributed by atoms with E-state index >= 15 is 0 Å². The summed E-state index contributed by atoms with van der Waals surface area (Å²) in [6, 6.07) is 8.94. The highest BCUT2D eigenvalue weighted by Crippen LogP contribution is 2.23. The third-order valence-electron chi connectivity index (χ3n) is 2.55. The molecule has 21 heavy (non-hydrogen) atoms. The van der Waals surface area contributed by atoms with Gasteiger partial charge in [0.05, 0.1) is 12.3 Å².